The van der Waals surface area contributed by atoms with E-state index in [1.165, 1.54) is 24.3 Å². The summed E-state index contributed by atoms with van der Waals surface area (Å²) in [6.07, 6.45) is 6.88. The van der Waals surface area contributed by atoms with Gasteiger partial charge in [-0.2, -0.15) is 0 Å². The number of carbonyl (C=O) groups is 1. The molecule has 2 aliphatic heterocycles. The molecule has 1 amide bonds. The molecule has 3 nitrogen and oxygen atoms in total. The van der Waals surface area contributed by atoms with Gasteiger partial charge in [-0.05, 0) is 50.0 Å². The highest BCUT2D eigenvalue weighted by Crippen LogP contribution is 2.51. The smallest absolute Gasteiger partial charge is 0.282 e. The fraction of sp³-hybridized carbons (Fsp3) is 0.938. The molecule has 0 aromatic rings. The van der Waals surface area contributed by atoms with E-state index in [1.54, 1.807) is 0 Å². The third-order valence-corrected chi connectivity index (χ3v) is 6.04. The SMILES string of the molecule is O=C([C@@H]1CCC[C@]12CCN(CC1CC1)C2)N1CC(F)(F)C1. The van der Waals surface area contributed by atoms with Crippen molar-refractivity contribution >= 4 is 5.91 Å². The maximum absolute atomic E-state index is 13.0. The lowest BCUT2D eigenvalue weighted by molar-refractivity contribution is -0.172. The molecule has 0 N–H and O–H groups in total. The van der Waals surface area contributed by atoms with Crippen molar-refractivity contribution in [2.75, 3.05) is 32.7 Å². The topological polar surface area (TPSA) is 23.6 Å². The molecule has 118 valence electrons. The Morgan fingerprint density at radius 2 is 1.86 bits per heavy atom. The largest absolute Gasteiger partial charge is 0.330 e. The predicted octanol–water partition coefficient (Wildman–Crippen LogP) is 2.37. The molecule has 4 fully saturated rings. The van der Waals surface area contributed by atoms with Crippen LogP contribution in [0.25, 0.3) is 0 Å². The molecule has 2 saturated carbocycles. The standard InChI is InChI=1S/C16H24F2N2O/c17-16(18)10-20(11-16)14(21)13-2-1-5-15(13)6-7-19(9-15)8-12-3-4-12/h12-13H,1-11H2/t13-,15+/m0/s1. The molecule has 2 heterocycles. The Morgan fingerprint density at radius 1 is 1.10 bits per heavy atom. The highest BCUT2D eigenvalue weighted by Gasteiger charge is 2.55. The van der Waals surface area contributed by atoms with Crippen LogP contribution >= 0.6 is 0 Å². The normalized spacial score (nSPS) is 39.0. The fourth-order valence-electron chi connectivity index (χ4n) is 4.71. The van der Waals surface area contributed by atoms with E-state index in [1.807, 2.05) is 0 Å². The van der Waals surface area contributed by atoms with Crippen molar-refractivity contribution in [3.05, 3.63) is 0 Å². The van der Waals surface area contributed by atoms with Crippen LogP contribution in [-0.2, 0) is 4.79 Å². The molecule has 0 radical (unpaired) electrons. The predicted molar refractivity (Wildman–Crippen MR) is 75.1 cm³/mol. The fourth-order valence-corrected chi connectivity index (χ4v) is 4.71. The summed E-state index contributed by atoms with van der Waals surface area (Å²) in [4.78, 5) is 16.5. The molecular weight excluding hydrogens is 274 g/mol. The van der Waals surface area contributed by atoms with Crippen LogP contribution in [0.15, 0.2) is 0 Å². The van der Waals surface area contributed by atoms with Crippen molar-refractivity contribution in [2.24, 2.45) is 17.3 Å². The van der Waals surface area contributed by atoms with Gasteiger partial charge >= 0.3 is 0 Å². The molecule has 0 unspecified atom stereocenters. The lowest BCUT2D eigenvalue weighted by Gasteiger charge is -2.42. The Morgan fingerprint density at radius 3 is 2.52 bits per heavy atom. The Hall–Kier alpha value is -0.710. The summed E-state index contributed by atoms with van der Waals surface area (Å²) in [5, 5.41) is 0. The van der Waals surface area contributed by atoms with Gasteiger partial charge < -0.3 is 9.80 Å². The zero-order valence-corrected chi connectivity index (χ0v) is 12.5. The van der Waals surface area contributed by atoms with Crippen molar-refractivity contribution in [3.8, 4) is 0 Å². The molecule has 2 atom stereocenters. The van der Waals surface area contributed by atoms with E-state index in [0.717, 1.165) is 44.7 Å². The van der Waals surface area contributed by atoms with Crippen LogP contribution in [-0.4, -0.2) is 54.4 Å². The number of halogens is 2. The molecule has 4 aliphatic rings. The summed E-state index contributed by atoms with van der Waals surface area (Å²) in [6.45, 7) is 2.58. The van der Waals surface area contributed by atoms with Gasteiger partial charge in [-0.25, -0.2) is 8.78 Å². The van der Waals surface area contributed by atoms with Crippen LogP contribution in [0.1, 0.15) is 38.5 Å². The monoisotopic (exact) mass is 298 g/mol. The van der Waals surface area contributed by atoms with Gasteiger partial charge in [0.15, 0.2) is 0 Å². The molecule has 2 aliphatic carbocycles. The van der Waals surface area contributed by atoms with Crippen LogP contribution in [0.4, 0.5) is 8.78 Å². The maximum Gasteiger partial charge on any atom is 0.282 e. The lowest BCUT2D eigenvalue weighted by atomic mass is 9.76. The first-order chi connectivity index (χ1) is 9.97. The van der Waals surface area contributed by atoms with Gasteiger partial charge in [-0.3, -0.25) is 4.79 Å². The van der Waals surface area contributed by atoms with E-state index < -0.39 is 5.92 Å². The van der Waals surface area contributed by atoms with Gasteiger partial charge in [-0.15, -0.1) is 0 Å². The van der Waals surface area contributed by atoms with Crippen molar-refractivity contribution in [1.82, 2.24) is 9.80 Å². The third-order valence-electron chi connectivity index (χ3n) is 6.04. The number of hydrogen-bond donors (Lipinski definition) is 0. The molecule has 5 heteroatoms. The van der Waals surface area contributed by atoms with E-state index in [9.17, 15) is 13.6 Å². The van der Waals surface area contributed by atoms with Gasteiger partial charge in [-0.1, -0.05) is 6.42 Å². The van der Waals surface area contributed by atoms with Crippen LogP contribution in [0.5, 0.6) is 0 Å². The maximum atomic E-state index is 13.0. The number of carbonyl (C=O) groups excluding carboxylic acids is 1. The van der Waals surface area contributed by atoms with Gasteiger partial charge in [0, 0.05) is 19.0 Å². The molecule has 1 spiro atoms. The summed E-state index contributed by atoms with van der Waals surface area (Å²) in [5.41, 5.74) is 0.0941. The van der Waals surface area contributed by atoms with E-state index in [2.05, 4.69) is 4.90 Å². The molecular formula is C16H24F2N2O. The van der Waals surface area contributed by atoms with Crippen molar-refractivity contribution < 1.29 is 13.6 Å². The number of nitrogens with zero attached hydrogens (tertiary/aromatic N) is 2. The Kier molecular flexibility index (Phi) is 3.08. The van der Waals surface area contributed by atoms with Crippen molar-refractivity contribution in [3.63, 3.8) is 0 Å². The zero-order chi connectivity index (χ0) is 14.7. The summed E-state index contributed by atoms with van der Waals surface area (Å²) in [5.74, 6) is -1.76. The third kappa shape index (κ3) is 2.47. The minimum atomic E-state index is -2.64. The highest BCUT2D eigenvalue weighted by atomic mass is 19.3. The van der Waals surface area contributed by atoms with Gasteiger partial charge in [0.05, 0.1) is 13.1 Å². The summed E-state index contributed by atoms with van der Waals surface area (Å²) >= 11 is 0. The second kappa shape index (κ2) is 4.64. The Bertz CT molecular complexity index is 444. The van der Waals surface area contributed by atoms with Crippen LogP contribution in [0.3, 0.4) is 0 Å². The first-order valence-electron chi connectivity index (χ1n) is 8.36. The number of rotatable bonds is 3. The van der Waals surface area contributed by atoms with E-state index in [0.29, 0.717) is 0 Å². The number of hydrogen-bond acceptors (Lipinski definition) is 2. The molecule has 21 heavy (non-hydrogen) atoms. The second-order valence-electron chi connectivity index (χ2n) is 7.79. The minimum absolute atomic E-state index is 0.00203. The van der Waals surface area contributed by atoms with Crippen molar-refractivity contribution in [2.45, 2.75) is 44.4 Å². The minimum Gasteiger partial charge on any atom is -0.330 e. The zero-order valence-electron chi connectivity index (χ0n) is 12.5. The average Bonchev–Trinajstić information content (AvgIpc) is 2.98. The van der Waals surface area contributed by atoms with Crippen LogP contribution in [0.2, 0.25) is 0 Å². The van der Waals surface area contributed by atoms with E-state index in [-0.39, 0.29) is 30.3 Å². The molecule has 0 aromatic carbocycles. The van der Waals surface area contributed by atoms with Crippen molar-refractivity contribution in [1.29, 1.82) is 0 Å². The average molecular weight is 298 g/mol. The van der Waals surface area contributed by atoms with Crippen LogP contribution < -0.4 is 0 Å². The first-order valence-corrected chi connectivity index (χ1v) is 8.36. The Labute approximate surface area is 124 Å². The quantitative estimate of drug-likeness (QED) is 0.798. The Balaban J connectivity index is 1.41. The van der Waals surface area contributed by atoms with Gasteiger partial charge in [0.25, 0.3) is 5.92 Å². The summed E-state index contributed by atoms with van der Waals surface area (Å²) < 4.78 is 26.0. The molecule has 2 saturated heterocycles. The van der Waals surface area contributed by atoms with Gasteiger partial charge in [0.1, 0.15) is 0 Å². The van der Waals surface area contributed by atoms with E-state index in [4.69, 9.17) is 0 Å². The number of likely N-dealkylation sites (tertiary alicyclic amines) is 2. The van der Waals surface area contributed by atoms with Crippen LogP contribution in [0, 0.1) is 17.3 Å². The molecule has 0 bridgehead atoms. The van der Waals surface area contributed by atoms with Gasteiger partial charge in [0.2, 0.25) is 5.91 Å². The first kappa shape index (κ1) is 13.9. The molecule has 4 rings (SSSR count). The number of amides is 1. The molecule has 0 aromatic heterocycles. The summed E-state index contributed by atoms with van der Waals surface area (Å²) in [6, 6.07) is 0. The number of alkyl halides is 2. The summed E-state index contributed by atoms with van der Waals surface area (Å²) in [7, 11) is 0. The lowest BCUT2D eigenvalue weighted by Crippen LogP contribution is -2.60. The van der Waals surface area contributed by atoms with E-state index >= 15 is 0 Å². The second-order valence-corrected chi connectivity index (χ2v) is 7.79. The highest BCUT2D eigenvalue weighted by molar-refractivity contribution is 5.81.